The number of carbonyl (C=O) groups is 1. The molecule has 0 aliphatic heterocycles. The predicted octanol–water partition coefficient (Wildman–Crippen LogP) is 1.52. The summed E-state index contributed by atoms with van der Waals surface area (Å²) in [5.41, 5.74) is 0.0495. The first-order valence-corrected chi connectivity index (χ1v) is 6.30. The number of carboxylic acids is 1. The maximum Gasteiger partial charge on any atom is 0.354 e. The summed E-state index contributed by atoms with van der Waals surface area (Å²) in [7, 11) is 0. The van der Waals surface area contributed by atoms with Gasteiger partial charge in [0.25, 0.3) is 0 Å². The van der Waals surface area contributed by atoms with E-state index in [4.69, 9.17) is 10.2 Å². The lowest BCUT2D eigenvalue weighted by atomic mass is 10.2. The topological polar surface area (TPSA) is 73.7 Å². The van der Waals surface area contributed by atoms with E-state index in [1.807, 2.05) is 4.90 Å². The molecule has 0 spiro atoms. The van der Waals surface area contributed by atoms with Crippen LogP contribution in [0.15, 0.2) is 18.2 Å². The van der Waals surface area contributed by atoms with Crippen molar-refractivity contribution in [2.75, 3.05) is 18.1 Å². The van der Waals surface area contributed by atoms with Gasteiger partial charge in [0.2, 0.25) is 0 Å². The van der Waals surface area contributed by atoms with Crippen molar-refractivity contribution in [3.63, 3.8) is 0 Å². The average molecular weight is 250 g/mol. The van der Waals surface area contributed by atoms with Crippen molar-refractivity contribution in [2.24, 2.45) is 0 Å². The lowest BCUT2D eigenvalue weighted by Crippen LogP contribution is -2.36. The third-order valence-electron chi connectivity index (χ3n) is 3.35. The molecule has 1 fully saturated rings. The molecular formula is C13H18N2O3. The Kier molecular flexibility index (Phi) is 4.15. The summed E-state index contributed by atoms with van der Waals surface area (Å²) in [6.07, 6.45) is 4.54. The summed E-state index contributed by atoms with van der Waals surface area (Å²) < 4.78 is 0. The second-order valence-corrected chi connectivity index (χ2v) is 4.54. The number of rotatable bonds is 5. The fraction of sp³-hybridized carbons (Fsp3) is 0.538. The molecule has 1 aliphatic carbocycles. The van der Waals surface area contributed by atoms with Crippen molar-refractivity contribution < 1.29 is 15.0 Å². The van der Waals surface area contributed by atoms with Crippen LogP contribution in [0.1, 0.15) is 36.2 Å². The zero-order chi connectivity index (χ0) is 13.0. The zero-order valence-electron chi connectivity index (χ0n) is 10.2. The second kappa shape index (κ2) is 5.82. The van der Waals surface area contributed by atoms with Gasteiger partial charge >= 0.3 is 5.97 Å². The number of hydrogen-bond acceptors (Lipinski definition) is 4. The quantitative estimate of drug-likeness (QED) is 0.828. The molecule has 0 bridgehead atoms. The van der Waals surface area contributed by atoms with Crippen molar-refractivity contribution in [1.82, 2.24) is 4.98 Å². The molecule has 0 atom stereocenters. The van der Waals surface area contributed by atoms with E-state index < -0.39 is 5.97 Å². The Balaban J connectivity index is 2.23. The van der Waals surface area contributed by atoms with Crippen LogP contribution in [0.4, 0.5) is 5.82 Å². The van der Waals surface area contributed by atoms with E-state index >= 15 is 0 Å². The molecule has 2 N–H and O–H groups in total. The van der Waals surface area contributed by atoms with Gasteiger partial charge < -0.3 is 15.1 Å². The van der Waals surface area contributed by atoms with Crippen molar-refractivity contribution in [1.29, 1.82) is 0 Å². The standard InChI is InChI=1S/C13H18N2O3/c16-9-8-15(10-4-1-2-5-10)12-7-3-6-11(14-12)13(17)18/h3,6-7,10,16H,1-2,4-5,8-9H2,(H,17,18). The number of aliphatic hydroxyl groups excluding tert-OH is 1. The molecule has 18 heavy (non-hydrogen) atoms. The number of hydrogen-bond donors (Lipinski definition) is 2. The molecule has 5 heteroatoms. The van der Waals surface area contributed by atoms with Gasteiger partial charge in [0.05, 0.1) is 6.61 Å². The van der Waals surface area contributed by atoms with Gasteiger partial charge in [-0.05, 0) is 25.0 Å². The van der Waals surface area contributed by atoms with E-state index in [1.165, 1.54) is 18.9 Å². The van der Waals surface area contributed by atoms with Crippen LogP contribution in [0.25, 0.3) is 0 Å². The minimum Gasteiger partial charge on any atom is -0.477 e. The molecule has 0 saturated heterocycles. The molecule has 1 saturated carbocycles. The summed E-state index contributed by atoms with van der Waals surface area (Å²) in [4.78, 5) is 17.1. The zero-order valence-corrected chi connectivity index (χ0v) is 10.2. The molecule has 0 amide bonds. The van der Waals surface area contributed by atoms with Crippen LogP contribution in [0, 0.1) is 0 Å². The second-order valence-electron chi connectivity index (χ2n) is 4.54. The number of aliphatic hydroxyl groups is 1. The molecular weight excluding hydrogens is 232 g/mol. The van der Waals surface area contributed by atoms with Crippen LogP contribution in [-0.4, -0.2) is 40.4 Å². The molecule has 0 radical (unpaired) electrons. The molecule has 0 aromatic carbocycles. The summed E-state index contributed by atoms with van der Waals surface area (Å²) in [5, 5.41) is 18.1. The van der Waals surface area contributed by atoms with E-state index in [9.17, 15) is 4.79 Å². The fourth-order valence-corrected chi connectivity index (χ4v) is 2.51. The largest absolute Gasteiger partial charge is 0.477 e. The van der Waals surface area contributed by atoms with Gasteiger partial charge in [0.15, 0.2) is 5.69 Å². The fourth-order valence-electron chi connectivity index (χ4n) is 2.51. The van der Waals surface area contributed by atoms with Gasteiger partial charge in [0, 0.05) is 12.6 Å². The van der Waals surface area contributed by atoms with Gasteiger partial charge in [-0.25, -0.2) is 9.78 Å². The average Bonchev–Trinajstić information content (AvgIpc) is 2.89. The highest BCUT2D eigenvalue weighted by Crippen LogP contribution is 2.27. The van der Waals surface area contributed by atoms with Crippen molar-refractivity contribution in [3.8, 4) is 0 Å². The summed E-state index contributed by atoms with van der Waals surface area (Å²) in [5.74, 6) is -0.372. The Bertz CT molecular complexity index is 416. The van der Waals surface area contributed by atoms with Gasteiger partial charge in [-0.1, -0.05) is 18.9 Å². The Morgan fingerprint density at radius 1 is 1.39 bits per heavy atom. The summed E-state index contributed by atoms with van der Waals surface area (Å²) in [6.45, 7) is 0.552. The first-order chi connectivity index (χ1) is 8.72. The van der Waals surface area contributed by atoms with E-state index in [0.29, 0.717) is 18.4 Å². The Morgan fingerprint density at radius 3 is 2.72 bits per heavy atom. The van der Waals surface area contributed by atoms with E-state index in [2.05, 4.69) is 4.98 Å². The van der Waals surface area contributed by atoms with Gasteiger partial charge in [0.1, 0.15) is 5.82 Å². The van der Waals surface area contributed by atoms with E-state index in [-0.39, 0.29) is 12.3 Å². The maximum absolute atomic E-state index is 10.9. The molecule has 1 aliphatic rings. The lowest BCUT2D eigenvalue weighted by Gasteiger charge is -2.29. The normalized spacial score (nSPS) is 15.8. The van der Waals surface area contributed by atoms with Crippen molar-refractivity contribution in [2.45, 2.75) is 31.7 Å². The minimum atomic E-state index is -1.02. The highest BCUT2D eigenvalue weighted by Gasteiger charge is 2.23. The van der Waals surface area contributed by atoms with E-state index in [1.54, 1.807) is 12.1 Å². The maximum atomic E-state index is 10.9. The van der Waals surface area contributed by atoms with Gasteiger partial charge in [-0.2, -0.15) is 0 Å². The lowest BCUT2D eigenvalue weighted by molar-refractivity contribution is 0.0690. The summed E-state index contributed by atoms with van der Waals surface area (Å²) >= 11 is 0. The van der Waals surface area contributed by atoms with E-state index in [0.717, 1.165) is 12.8 Å². The van der Waals surface area contributed by atoms with Gasteiger partial charge in [-0.3, -0.25) is 0 Å². The number of anilines is 1. The Hall–Kier alpha value is -1.62. The first-order valence-electron chi connectivity index (χ1n) is 6.30. The molecule has 1 heterocycles. The molecule has 0 unspecified atom stereocenters. The third-order valence-corrected chi connectivity index (χ3v) is 3.35. The monoisotopic (exact) mass is 250 g/mol. The van der Waals surface area contributed by atoms with Crippen LogP contribution in [-0.2, 0) is 0 Å². The molecule has 98 valence electrons. The van der Waals surface area contributed by atoms with Crippen LogP contribution < -0.4 is 4.90 Å². The van der Waals surface area contributed by atoms with Gasteiger partial charge in [-0.15, -0.1) is 0 Å². The smallest absolute Gasteiger partial charge is 0.354 e. The van der Waals surface area contributed by atoms with Crippen LogP contribution >= 0.6 is 0 Å². The molecule has 1 aromatic heterocycles. The molecule has 1 aromatic rings. The SMILES string of the molecule is O=C(O)c1cccc(N(CCO)C2CCCC2)n1. The predicted molar refractivity (Wildman–Crippen MR) is 67.9 cm³/mol. The number of aromatic carboxylic acids is 1. The minimum absolute atomic E-state index is 0.0495. The molecule has 2 rings (SSSR count). The highest BCUT2D eigenvalue weighted by atomic mass is 16.4. The van der Waals surface area contributed by atoms with Crippen molar-refractivity contribution >= 4 is 11.8 Å². The highest BCUT2D eigenvalue weighted by molar-refractivity contribution is 5.85. The van der Waals surface area contributed by atoms with Crippen LogP contribution in [0.2, 0.25) is 0 Å². The molecule has 5 nitrogen and oxygen atoms in total. The number of aromatic nitrogens is 1. The Morgan fingerprint density at radius 2 is 2.11 bits per heavy atom. The first kappa shape index (κ1) is 12.8. The Labute approximate surface area is 106 Å². The summed E-state index contributed by atoms with van der Waals surface area (Å²) in [6, 6.07) is 5.36. The number of nitrogens with zero attached hydrogens (tertiary/aromatic N) is 2. The number of carboxylic acid groups (broad SMARTS) is 1. The van der Waals surface area contributed by atoms with Crippen molar-refractivity contribution in [3.05, 3.63) is 23.9 Å². The third kappa shape index (κ3) is 2.79. The van der Waals surface area contributed by atoms with Crippen LogP contribution in [0.5, 0.6) is 0 Å². The van der Waals surface area contributed by atoms with Crippen LogP contribution in [0.3, 0.4) is 0 Å². The number of pyridine rings is 1.